The normalized spacial score (nSPS) is 15.2. The Morgan fingerprint density at radius 2 is 1.63 bits per heavy atom. The molecule has 7 nitrogen and oxygen atoms in total. The maximum absolute atomic E-state index is 10.6. The summed E-state index contributed by atoms with van der Waals surface area (Å²) in [5, 5.41) is 17.6. The first-order valence-corrected chi connectivity index (χ1v) is 15.4. The number of rotatable bonds is 15. The van der Waals surface area contributed by atoms with Gasteiger partial charge < -0.3 is 15.7 Å². The molecule has 0 saturated heterocycles. The molecule has 0 bridgehead atoms. The third kappa shape index (κ3) is 9.83. The summed E-state index contributed by atoms with van der Waals surface area (Å²) in [5.41, 5.74) is 6.43. The van der Waals surface area contributed by atoms with E-state index in [-0.39, 0.29) is 6.04 Å². The van der Waals surface area contributed by atoms with Gasteiger partial charge in [0.05, 0.1) is 17.8 Å². The first kappa shape index (κ1) is 30.6. The largest absolute Gasteiger partial charge is 0.391 e. The molecule has 0 amide bonds. The van der Waals surface area contributed by atoms with Crippen LogP contribution in [-0.4, -0.2) is 69.7 Å². The molecule has 0 saturated carbocycles. The van der Waals surface area contributed by atoms with Gasteiger partial charge >= 0.3 is 0 Å². The Kier molecular flexibility index (Phi) is 11.4. The second-order valence-corrected chi connectivity index (χ2v) is 11.3. The highest BCUT2D eigenvalue weighted by Crippen LogP contribution is 2.23. The second kappa shape index (κ2) is 16.1. The molecule has 2 unspecified atom stereocenters. The van der Waals surface area contributed by atoms with Crippen molar-refractivity contribution >= 4 is 11.4 Å². The van der Waals surface area contributed by atoms with Crippen molar-refractivity contribution in [1.29, 1.82) is 0 Å². The number of benzene rings is 2. The van der Waals surface area contributed by atoms with Gasteiger partial charge in [-0.25, -0.2) is 4.98 Å². The van der Waals surface area contributed by atoms with E-state index in [2.05, 4.69) is 91.1 Å². The van der Waals surface area contributed by atoms with Crippen molar-refractivity contribution < 1.29 is 5.11 Å². The Morgan fingerprint density at radius 3 is 2.30 bits per heavy atom. The molecule has 1 aliphatic rings. The zero-order valence-corrected chi connectivity index (χ0v) is 25.1. The molecular formula is C36H44N6O. The second-order valence-electron chi connectivity index (χ2n) is 11.3. The van der Waals surface area contributed by atoms with E-state index >= 15 is 0 Å². The molecule has 224 valence electrons. The van der Waals surface area contributed by atoms with Crippen LogP contribution in [0.1, 0.15) is 35.7 Å². The fourth-order valence-corrected chi connectivity index (χ4v) is 5.46. The summed E-state index contributed by atoms with van der Waals surface area (Å²) < 4.78 is 0. The molecule has 0 radical (unpaired) electrons. The van der Waals surface area contributed by atoms with Crippen LogP contribution in [0.25, 0.3) is 5.57 Å². The van der Waals surface area contributed by atoms with Gasteiger partial charge in [-0.3, -0.25) is 14.8 Å². The van der Waals surface area contributed by atoms with Crippen LogP contribution in [0.4, 0.5) is 5.82 Å². The average Bonchev–Trinajstić information content (AvgIpc) is 3.05. The van der Waals surface area contributed by atoms with Crippen LogP contribution in [0.2, 0.25) is 0 Å². The van der Waals surface area contributed by atoms with Gasteiger partial charge in [-0.2, -0.15) is 0 Å². The lowest BCUT2D eigenvalue weighted by Gasteiger charge is -2.30. The molecule has 3 heterocycles. The number of anilines is 1. The number of nitrogens with one attached hydrogen (secondary N) is 2. The molecule has 4 aromatic rings. The minimum absolute atomic E-state index is 0.155. The van der Waals surface area contributed by atoms with E-state index in [1.54, 1.807) is 6.20 Å². The maximum atomic E-state index is 10.6. The Bertz CT molecular complexity index is 1380. The van der Waals surface area contributed by atoms with Gasteiger partial charge in [0.2, 0.25) is 0 Å². The van der Waals surface area contributed by atoms with Crippen LogP contribution >= 0.6 is 0 Å². The molecule has 43 heavy (non-hydrogen) atoms. The van der Waals surface area contributed by atoms with Crippen molar-refractivity contribution in [3.8, 4) is 0 Å². The van der Waals surface area contributed by atoms with E-state index in [1.807, 2.05) is 49.5 Å². The third-order valence-electron chi connectivity index (χ3n) is 7.95. The van der Waals surface area contributed by atoms with Crippen molar-refractivity contribution in [3.63, 3.8) is 0 Å². The number of aromatic nitrogens is 2. The zero-order chi connectivity index (χ0) is 29.7. The first-order chi connectivity index (χ1) is 21.1. The van der Waals surface area contributed by atoms with Crippen LogP contribution in [0.5, 0.6) is 0 Å². The predicted molar refractivity (Wildman–Crippen MR) is 175 cm³/mol. The van der Waals surface area contributed by atoms with E-state index in [0.29, 0.717) is 6.54 Å². The fraction of sp³-hybridized carbons (Fsp3) is 0.333. The Morgan fingerprint density at radius 1 is 0.884 bits per heavy atom. The van der Waals surface area contributed by atoms with Gasteiger partial charge in [-0.1, -0.05) is 72.8 Å². The highest BCUT2D eigenvalue weighted by molar-refractivity contribution is 5.66. The van der Waals surface area contributed by atoms with Crippen molar-refractivity contribution in [3.05, 3.63) is 132 Å². The molecule has 2 aromatic carbocycles. The lowest BCUT2D eigenvalue weighted by atomic mass is 9.99. The number of hydrogen-bond donors (Lipinski definition) is 3. The summed E-state index contributed by atoms with van der Waals surface area (Å²) >= 11 is 0. The maximum Gasteiger partial charge on any atom is 0.126 e. The van der Waals surface area contributed by atoms with E-state index in [4.69, 9.17) is 0 Å². The Labute approximate surface area is 256 Å². The van der Waals surface area contributed by atoms with Crippen LogP contribution in [0, 0.1) is 0 Å². The molecule has 1 aliphatic heterocycles. The smallest absolute Gasteiger partial charge is 0.126 e. The average molecular weight is 577 g/mol. The summed E-state index contributed by atoms with van der Waals surface area (Å²) in [7, 11) is 0. The molecule has 2 atom stereocenters. The van der Waals surface area contributed by atoms with E-state index in [9.17, 15) is 5.11 Å². The Balaban J connectivity index is 1.18. The monoisotopic (exact) mass is 576 g/mol. The van der Waals surface area contributed by atoms with Crippen LogP contribution in [0.3, 0.4) is 0 Å². The SMILES string of the molecule is CC(O)C(CN(CCNCc1ccccn1)Cc1ccc(CN2CC=C(c3ccccc3)CC2)cc1)Nc1ccccn1. The van der Waals surface area contributed by atoms with Gasteiger partial charge in [-0.05, 0) is 59.9 Å². The summed E-state index contributed by atoms with van der Waals surface area (Å²) in [6, 6.07) is 31.4. The highest BCUT2D eigenvalue weighted by atomic mass is 16.3. The summed E-state index contributed by atoms with van der Waals surface area (Å²) in [4.78, 5) is 13.7. The zero-order valence-electron chi connectivity index (χ0n) is 25.1. The third-order valence-corrected chi connectivity index (χ3v) is 7.95. The van der Waals surface area contributed by atoms with E-state index in [1.165, 1.54) is 22.3 Å². The molecule has 0 aliphatic carbocycles. The molecule has 7 heteroatoms. The van der Waals surface area contributed by atoms with E-state index < -0.39 is 6.10 Å². The molecule has 3 N–H and O–H groups in total. The minimum atomic E-state index is -0.533. The van der Waals surface area contributed by atoms with Crippen molar-refractivity contribution in [1.82, 2.24) is 25.1 Å². The highest BCUT2D eigenvalue weighted by Gasteiger charge is 2.20. The molecule has 2 aromatic heterocycles. The quantitative estimate of drug-likeness (QED) is 0.168. The van der Waals surface area contributed by atoms with Gasteiger partial charge in [0.15, 0.2) is 0 Å². The van der Waals surface area contributed by atoms with Crippen LogP contribution < -0.4 is 10.6 Å². The summed E-state index contributed by atoms with van der Waals surface area (Å²) in [6.07, 6.45) is 6.53. The standard InChI is InChI=1S/C36H44N6O/c1-29(43)35(40-36-12-6-8-20-39-36)28-42(24-21-37-25-34-11-5-7-19-38-34)27-31-15-13-30(14-16-31)26-41-22-17-33(18-23-41)32-9-3-2-4-10-32/h2-17,19-20,29,35,37,43H,18,21-28H2,1H3,(H,39,40). The molecule has 5 rings (SSSR count). The first-order valence-electron chi connectivity index (χ1n) is 15.4. The lowest BCUT2D eigenvalue weighted by molar-refractivity contribution is 0.138. The Hall–Kier alpha value is -3.88. The van der Waals surface area contributed by atoms with E-state index in [0.717, 1.165) is 63.7 Å². The molecular weight excluding hydrogens is 532 g/mol. The number of nitrogens with zero attached hydrogens (tertiary/aromatic N) is 4. The molecule has 0 spiro atoms. The van der Waals surface area contributed by atoms with Crippen molar-refractivity contribution in [2.24, 2.45) is 0 Å². The lowest BCUT2D eigenvalue weighted by Crippen LogP contribution is -2.44. The number of aliphatic hydroxyl groups is 1. The van der Waals surface area contributed by atoms with Crippen molar-refractivity contribution in [2.45, 2.75) is 45.1 Å². The van der Waals surface area contributed by atoms with Crippen LogP contribution in [0.15, 0.2) is 109 Å². The fourth-order valence-electron chi connectivity index (χ4n) is 5.46. The van der Waals surface area contributed by atoms with Crippen LogP contribution in [-0.2, 0) is 19.6 Å². The van der Waals surface area contributed by atoms with Gasteiger partial charge in [0, 0.05) is 64.8 Å². The topological polar surface area (TPSA) is 76.6 Å². The number of pyridine rings is 2. The number of hydrogen-bond acceptors (Lipinski definition) is 7. The summed E-state index contributed by atoms with van der Waals surface area (Å²) in [5.74, 6) is 0.773. The van der Waals surface area contributed by atoms with Gasteiger partial charge in [-0.15, -0.1) is 0 Å². The summed E-state index contributed by atoms with van der Waals surface area (Å²) in [6.45, 7) is 8.72. The number of aliphatic hydroxyl groups excluding tert-OH is 1. The predicted octanol–water partition coefficient (Wildman–Crippen LogP) is 5.22. The van der Waals surface area contributed by atoms with Gasteiger partial charge in [0.25, 0.3) is 0 Å². The molecule has 0 fully saturated rings. The van der Waals surface area contributed by atoms with Gasteiger partial charge in [0.1, 0.15) is 5.82 Å². The minimum Gasteiger partial charge on any atom is -0.391 e. The van der Waals surface area contributed by atoms with Crippen molar-refractivity contribution in [2.75, 3.05) is 38.0 Å².